The van der Waals surface area contributed by atoms with Crippen molar-refractivity contribution >= 4 is 44.8 Å². The van der Waals surface area contributed by atoms with Crippen molar-refractivity contribution < 1.29 is 18.0 Å². The number of carbonyl (C=O) groups is 2. The Kier molecular flexibility index (Phi) is 5.25. The number of sulfonamides is 1. The Balaban J connectivity index is 1.97. The van der Waals surface area contributed by atoms with Crippen LogP contribution in [0.4, 0.5) is 11.4 Å². The molecule has 2 aromatic rings. The van der Waals surface area contributed by atoms with Crippen molar-refractivity contribution in [2.75, 3.05) is 15.4 Å². The van der Waals surface area contributed by atoms with Crippen LogP contribution >= 0.6 is 11.6 Å². The van der Waals surface area contributed by atoms with Crippen LogP contribution in [0.2, 0.25) is 5.02 Å². The van der Waals surface area contributed by atoms with E-state index in [1.54, 1.807) is 6.07 Å². The number of amides is 2. The second kappa shape index (κ2) is 7.22. The fourth-order valence-corrected chi connectivity index (χ4v) is 4.77. The number of anilines is 2. The van der Waals surface area contributed by atoms with E-state index in [1.807, 2.05) is 39.0 Å². The van der Waals surface area contributed by atoms with E-state index in [9.17, 15) is 18.0 Å². The van der Waals surface area contributed by atoms with Crippen LogP contribution in [0.3, 0.4) is 0 Å². The average Bonchev–Trinajstić information content (AvgIpc) is 2.88. The third-order valence-corrected chi connectivity index (χ3v) is 6.51. The number of carbonyl (C=O) groups excluding carboxylic acids is 2. The van der Waals surface area contributed by atoms with Crippen molar-refractivity contribution in [3.8, 4) is 0 Å². The van der Waals surface area contributed by atoms with E-state index in [4.69, 9.17) is 11.6 Å². The van der Waals surface area contributed by atoms with Crippen LogP contribution in [0.25, 0.3) is 0 Å². The van der Waals surface area contributed by atoms with Crippen LogP contribution in [0, 0.1) is 0 Å². The molecule has 0 atom stereocenters. The molecule has 2 aromatic carbocycles. The predicted molar refractivity (Wildman–Crippen MR) is 110 cm³/mol. The maximum Gasteiger partial charge on any atom is 0.257 e. The van der Waals surface area contributed by atoms with Gasteiger partial charge in [0.2, 0.25) is 15.9 Å². The van der Waals surface area contributed by atoms with Gasteiger partial charge in [0.15, 0.2) is 0 Å². The monoisotopic (exact) mass is 420 g/mol. The van der Waals surface area contributed by atoms with Crippen molar-refractivity contribution in [1.82, 2.24) is 0 Å². The summed E-state index contributed by atoms with van der Waals surface area (Å²) >= 11 is 6.19. The lowest BCUT2D eigenvalue weighted by Gasteiger charge is -2.23. The zero-order valence-electron chi connectivity index (χ0n) is 15.8. The fraction of sp³-hybridized carbons (Fsp3) is 0.300. The van der Waals surface area contributed by atoms with Gasteiger partial charge in [-0.05, 0) is 35.2 Å². The zero-order chi connectivity index (χ0) is 20.7. The summed E-state index contributed by atoms with van der Waals surface area (Å²) in [5.41, 5.74) is 1.61. The lowest BCUT2D eigenvalue weighted by atomic mass is 9.86. The first-order valence-corrected chi connectivity index (χ1v) is 10.8. The molecule has 0 radical (unpaired) electrons. The minimum absolute atomic E-state index is 0.0779. The Morgan fingerprint density at radius 3 is 2.43 bits per heavy atom. The SMILES string of the molecule is CC(C)(C)c1ccccc1NC(=O)c1cc(N2C(=O)CCS2(=O)=O)ccc1Cl. The zero-order valence-corrected chi connectivity index (χ0v) is 17.4. The van der Waals surface area contributed by atoms with Gasteiger partial charge in [-0.3, -0.25) is 9.59 Å². The third-order valence-electron chi connectivity index (χ3n) is 4.49. The van der Waals surface area contributed by atoms with Gasteiger partial charge in [0.05, 0.1) is 22.0 Å². The van der Waals surface area contributed by atoms with Crippen molar-refractivity contribution in [1.29, 1.82) is 0 Å². The standard InChI is InChI=1S/C20H21ClN2O4S/c1-20(2,3)15-6-4-5-7-17(15)22-19(25)14-12-13(8-9-16(14)21)23-18(24)10-11-28(23,26)27/h4-9,12H,10-11H2,1-3H3,(H,22,25). The minimum atomic E-state index is -3.72. The lowest BCUT2D eigenvalue weighted by molar-refractivity contribution is -0.116. The van der Waals surface area contributed by atoms with Crippen molar-refractivity contribution in [3.05, 3.63) is 58.6 Å². The van der Waals surface area contributed by atoms with Crippen LogP contribution in [-0.2, 0) is 20.2 Å². The van der Waals surface area contributed by atoms with Crippen molar-refractivity contribution in [2.24, 2.45) is 0 Å². The number of nitrogens with zero attached hydrogens (tertiary/aromatic N) is 1. The number of rotatable bonds is 3. The number of nitrogens with one attached hydrogen (secondary N) is 1. The molecule has 28 heavy (non-hydrogen) atoms. The normalized spacial score (nSPS) is 16.3. The molecule has 3 rings (SSSR count). The first-order chi connectivity index (χ1) is 13.0. The van der Waals surface area contributed by atoms with E-state index in [0.717, 1.165) is 9.87 Å². The largest absolute Gasteiger partial charge is 0.322 e. The van der Waals surface area contributed by atoms with Crippen LogP contribution in [0.1, 0.15) is 43.1 Å². The molecule has 6 nitrogen and oxygen atoms in total. The average molecular weight is 421 g/mol. The number of hydrogen-bond donors (Lipinski definition) is 1. The smallest absolute Gasteiger partial charge is 0.257 e. The predicted octanol–water partition coefficient (Wildman–Crippen LogP) is 3.96. The molecule has 1 aliphatic heterocycles. The molecule has 0 unspecified atom stereocenters. The highest BCUT2D eigenvalue weighted by Gasteiger charge is 2.36. The van der Waals surface area contributed by atoms with E-state index in [1.165, 1.54) is 18.2 Å². The van der Waals surface area contributed by atoms with Gasteiger partial charge in [0.25, 0.3) is 5.91 Å². The lowest BCUT2D eigenvalue weighted by Crippen LogP contribution is -2.29. The Morgan fingerprint density at radius 2 is 1.82 bits per heavy atom. The first-order valence-electron chi connectivity index (χ1n) is 8.77. The highest BCUT2D eigenvalue weighted by atomic mass is 35.5. The van der Waals surface area contributed by atoms with Crippen LogP contribution < -0.4 is 9.62 Å². The number of hydrogen-bond acceptors (Lipinski definition) is 4. The van der Waals surface area contributed by atoms with Gasteiger partial charge < -0.3 is 5.32 Å². The van der Waals surface area contributed by atoms with Crippen LogP contribution in [0.5, 0.6) is 0 Å². The van der Waals surface area contributed by atoms with Crippen molar-refractivity contribution in [3.63, 3.8) is 0 Å². The summed E-state index contributed by atoms with van der Waals surface area (Å²) < 4.78 is 25.1. The molecular weight excluding hydrogens is 400 g/mol. The topological polar surface area (TPSA) is 83.6 Å². The third kappa shape index (κ3) is 3.91. The molecule has 0 bridgehead atoms. The Morgan fingerprint density at radius 1 is 1.14 bits per heavy atom. The summed E-state index contributed by atoms with van der Waals surface area (Å²) in [7, 11) is -3.72. The molecule has 1 fully saturated rings. The van der Waals surface area contributed by atoms with E-state index in [2.05, 4.69) is 5.32 Å². The quantitative estimate of drug-likeness (QED) is 0.814. The molecule has 1 aliphatic rings. The highest BCUT2D eigenvalue weighted by molar-refractivity contribution is 7.94. The summed E-state index contributed by atoms with van der Waals surface area (Å²) in [6.45, 7) is 6.11. The molecular formula is C20H21ClN2O4S. The number of halogens is 1. The van der Waals surface area contributed by atoms with Crippen LogP contribution in [-0.4, -0.2) is 26.0 Å². The second-order valence-electron chi connectivity index (χ2n) is 7.64. The van der Waals surface area contributed by atoms with E-state index >= 15 is 0 Å². The molecule has 0 saturated carbocycles. The Bertz CT molecular complexity index is 1060. The second-order valence-corrected chi connectivity index (χ2v) is 9.98. The van der Waals surface area contributed by atoms with Gasteiger partial charge >= 0.3 is 0 Å². The summed E-state index contributed by atoms with van der Waals surface area (Å²) in [6, 6.07) is 11.6. The van der Waals surface area contributed by atoms with Gasteiger partial charge in [-0.2, -0.15) is 0 Å². The summed E-state index contributed by atoms with van der Waals surface area (Å²) in [5, 5.41) is 3.01. The van der Waals surface area contributed by atoms with E-state index in [0.29, 0.717) is 5.69 Å². The summed E-state index contributed by atoms with van der Waals surface area (Å²) in [4.78, 5) is 24.9. The fourth-order valence-electron chi connectivity index (χ4n) is 3.12. The molecule has 0 spiro atoms. The first kappa shape index (κ1) is 20.4. The van der Waals surface area contributed by atoms with Gasteiger partial charge in [0.1, 0.15) is 0 Å². The maximum atomic E-state index is 12.9. The molecule has 0 aromatic heterocycles. The summed E-state index contributed by atoms with van der Waals surface area (Å²) in [5.74, 6) is -1.24. The molecule has 8 heteroatoms. The Hall–Kier alpha value is -2.38. The van der Waals surface area contributed by atoms with Crippen LogP contribution in [0.15, 0.2) is 42.5 Å². The van der Waals surface area contributed by atoms with Gasteiger partial charge in [-0.15, -0.1) is 0 Å². The number of para-hydroxylation sites is 1. The molecule has 2 amide bonds. The highest BCUT2D eigenvalue weighted by Crippen LogP contribution is 2.32. The van der Waals surface area contributed by atoms with Crippen molar-refractivity contribution in [2.45, 2.75) is 32.6 Å². The molecule has 1 heterocycles. The van der Waals surface area contributed by atoms with Gasteiger partial charge in [0, 0.05) is 12.1 Å². The number of benzene rings is 2. The summed E-state index contributed by atoms with van der Waals surface area (Å²) in [6.07, 6.45) is -0.0779. The van der Waals surface area contributed by atoms with Gasteiger partial charge in [-0.1, -0.05) is 50.6 Å². The molecule has 1 N–H and O–H groups in total. The molecule has 0 aliphatic carbocycles. The molecule has 1 saturated heterocycles. The van der Waals surface area contributed by atoms with E-state index < -0.39 is 21.8 Å². The minimum Gasteiger partial charge on any atom is -0.322 e. The Labute approximate surface area is 169 Å². The maximum absolute atomic E-state index is 12.9. The molecule has 148 valence electrons. The van der Waals surface area contributed by atoms with E-state index in [-0.39, 0.29) is 33.9 Å². The van der Waals surface area contributed by atoms with Gasteiger partial charge in [-0.25, -0.2) is 12.7 Å².